The van der Waals surface area contributed by atoms with Crippen LogP contribution in [0, 0.1) is 0 Å². The van der Waals surface area contributed by atoms with Gasteiger partial charge in [-0.05, 0) is 85.3 Å². The van der Waals surface area contributed by atoms with Crippen molar-refractivity contribution in [1.82, 2.24) is 5.43 Å². The minimum absolute atomic E-state index is 0.216. The van der Waals surface area contributed by atoms with Crippen LogP contribution in [0.3, 0.4) is 0 Å². The molecule has 10 nitrogen and oxygen atoms in total. The van der Waals surface area contributed by atoms with E-state index >= 15 is 0 Å². The number of anilines is 2. The maximum absolute atomic E-state index is 12.8. The number of carbonyl (C=O) groups excluding carboxylic acids is 2. The van der Waals surface area contributed by atoms with Crippen molar-refractivity contribution >= 4 is 51.0 Å². The van der Waals surface area contributed by atoms with Crippen molar-refractivity contribution in [1.29, 1.82) is 0 Å². The first-order valence-electron chi connectivity index (χ1n) is 13.0. The van der Waals surface area contributed by atoms with E-state index in [0.29, 0.717) is 39.2 Å². The number of hydrazone groups is 1. The molecule has 4 rings (SSSR count). The molecule has 0 radical (unpaired) electrons. The first kappa shape index (κ1) is 31.1. The summed E-state index contributed by atoms with van der Waals surface area (Å²) in [6.07, 6.45) is 2.43. The number of rotatable bonds is 12. The molecule has 4 aromatic rings. The van der Waals surface area contributed by atoms with Gasteiger partial charge in [-0.2, -0.15) is 5.10 Å². The second-order valence-electron chi connectivity index (χ2n) is 9.26. The number of para-hydroxylation sites is 2. The van der Waals surface area contributed by atoms with Gasteiger partial charge in [0.1, 0.15) is 23.3 Å². The van der Waals surface area contributed by atoms with Gasteiger partial charge in [0, 0.05) is 0 Å². The Kier molecular flexibility index (Phi) is 10.4. The maximum Gasteiger partial charge on any atom is 0.263 e. The normalized spacial score (nSPS) is 11.9. The molecule has 1 atom stereocenters. The summed E-state index contributed by atoms with van der Waals surface area (Å²) < 4.78 is 37.5. The van der Waals surface area contributed by atoms with Crippen LogP contribution in [-0.4, -0.2) is 45.4 Å². The monoisotopic (exact) mass is 620 g/mol. The smallest absolute Gasteiger partial charge is 0.263 e. The van der Waals surface area contributed by atoms with Crippen molar-refractivity contribution in [3.63, 3.8) is 0 Å². The Balaban J connectivity index is 1.31. The average Bonchev–Trinajstić information content (AvgIpc) is 2.98. The molecule has 0 aliphatic rings. The van der Waals surface area contributed by atoms with Gasteiger partial charge < -0.3 is 14.8 Å². The van der Waals surface area contributed by atoms with E-state index in [-0.39, 0.29) is 12.5 Å². The highest BCUT2D eigenvalue weighted by Gasteiger charge is 2.29. The van der Waals surface area contributed by atoms with Gasteiger partial charge in [0.2, 0.25) is 10.0 Å². The van der Waals surface area contributed by atoms with Crippen LogP contribution in [0.2, 0.25) is 5.02 Å². The first-order valence-corrected chi connectivity index (χ1v) is 15.3. The van der Waals surface area contributed by atoms with Crippen molar-refractivity contribution in [3.8, 4) is 17.2 Å². The summed E-state index contributed by atoms with van der Waals surface area (Å²) >= 11 is 6.05. The number of hydrogen-bond acceptors (Lipinski definition) is 7. The zero-order chi connectivity index (χ0) is 30.8. The lowest BCUT2D eigenvalue weighted by molar-refractivity contribution is -0.121. The molecule has 0 aliphatic carbocycles. The Labute approximate surface area is 254 Å². The number of halogens is 1. The van der Waals surface area contributed by atoms with Crippen LogP contribution in [0.4, 0.5) is 11.4 Å². The predicted octanol–water partition coefficient (Wildman–Crippen LogP) is 5.45. The van der Waals surface area contributed by atoms with Crippen molar-refractivity contribution < 1.29 is 27.5 Å². The van der Waals surface area contributed by atoms with E-state index in [1.54, 1.807) is 84.9 Å². The second-order valence-corrected chi connectivity index (χ2v) is 11.5. The van der Waals surface area contributed by atoms with Crippen molar-refractivity contribution in [2.75, 3.05) is 22.5 Å². The van der Waals surface area contributed by atoms with E-state index in [4.69, 9.17) is 21.1 Å². The molecule has 0 heterocycles. The molecular formula is C31H29ClN4O6S. The van der Waals surface area contributed by atoms with Crippen molar-refractivity contribution in [3.05, 3.63) is 114 Å². The quantitative estimate of drug-likeness (QED) is 0.160. The van der Waals surface area contributed by atoms with Crippen LogP contribution in [0.25, 0.3) is 0 Å². The summed E-state index contributed by atoms with van der Waals surface area (Å²) in [5, 5.41) is 7.06. The highest BCUT2D eigenvalue weighted by atomic mass is 35.5. The number of amides is 2. The number of ether oxygens (including phenoxy) is 2. The number of benzene rings is 4. The Bertz CT molecular complexity index is 1680. The summed E-state index contributed by atoms with van der Waals surface area (Å²) in [5.41, 5.74) is 3.81. The molecule has 2 amide bonds. The van der Waals surface area contributed by atoms with Gasteiger partial charge in [-0.1, -0.05) is 41.9 Å². The van der Waals surface area contributed by atoms with E-state index in [1.807, 2.05) is 18.2 Å². The molecule has 0 unspecified atom stereocenters. The molecule has 0 fully saturated rings. The van der Waals surface area contributed by atoms with E-state index in [2.05, 4.69) is 15.8 Å². The van der Waals surface area contributed by atoms with Crippen LogP contribution in [0.1, 0.15) is 12.5 Å². The minimum Gasteiger partial charge on any atom is -0.484 e. The lowest BCUT2D eigenvalue weighted by Crippen LogP contribution is -2.46. The maximum atomic E-state index is 12.8. The lowest BCUT2D eigenvalue weighted by Gasteiger charge is -2.27. The molecule has 43 heavy (non-hydrogen) atoms. The van der Waals surface area contributed by atoms with Gasteiger partial charge >= 0.3 is 0 Å². The number of sulfonamides is 1. The number of hydrogen-bond donors (Lipinski definition) is 2. The summed E-state index contributed by atoms with van der Waals surface area (Å²) in [6.45, 7) is 1.25. The molecule has 0 aromatic heterocycles. The van der Waals surface area contributed by atoms with Crippen LogP contribution < -0.4 is 24.5 Å². The highest BCUT2D eigenvalue weighted by molar-refractivity contribution is 7.92. The SMILES string of the molecule is C[C@H](C(=O)N/N=C\c1ccc(OCC(=O)Nc2ccccc2Cl)cc1)N(c1ccc(Oc2ccccc2)cc1)S(C)(=O)=O. The van der Waals surface area contributed by atoms with Gasteiger partial charge in [0.05, 0.1) is 28.9 Å². The predicted molar refractivity (Wildman–Crippen MR) is 167 cm³/mol. The second kappa shape index (κ2) is 14.3. The number of nitrogens with one attached hydrogen (secondary N) is 2. The summed E-state index contributed by atoms with van der Waals surface area (Å²) in [6, 6.07) is 28.0. The van der Waals surface area contributed by atoms with E-state index in [0.717, 1.165) is 10.6 Å². The Morgan fingerprint density at radius 2 is 1.49 bits per heavy atom. The fraction of sp³-hybridized carbons (Fsp3) is 0.129. The number of nitrogens with zero attached hydrogens (tertiary/aromatic N) is 2. The molecule has 222 valence electrons. The molecule has 0 saturated carbocycles. The summed E-state index contributed by atoms with van der Waals surface area (Å²) in [7, 11) is -3.82. The van der Waals surface area contributed by atoms with E-state index < -0.39 is 22.0 Å². The van der Waals surface area contributed by atoms with Gasteiger partial charge in [0.15, 0.2) is 6.61 Å². The minimum atomic E-state index is -3.82. The fourth-order valence-electron chi connectivity index (χ4n) is 3.91. The topological polar surface area (TPSA) is 126 Å². The Morgan fingerprint density at radius 3 is 2.14 bits per heavy atom. The summed E-state index contributed by atoms with van der Waals surface area (Å²) in [5.74, 6) is 0.612. The van der Waals surface area contributed by atoms with Gasteiger partial charge in [-0.3, -0.25) is 13.9 Å². The number of carbonyl (C=O) groups is 2. The molecule has 4 aromatic carbocycles. The third kappa shape index (κ3) is 9.06. The molecule has 2 N–H and O–H groups in total. The standard InChI is InChI=1S/C31H29ClN4O6S/c1-22(36(43(2,39)40)24-14-18-27(19-15-24)42-26-8-4-3-5-9-26)31(38)35-33-20-23-12-16-25(17-13-23)41-21-30(37)34-29-11-7-6-10-28(29)32/h3-20,22H,21H2,1-2H3,(H,34,37)(H,35,38)/b33-20-/t22-/m1/s1. The van der Waals surface area contributed by atoms with Crippen LogP contribution >= 0.6 is 11.6 Å². The van der Waals surface area contributed by atoms with Crippen LogP contribution in [0.15, 0.2) is 108 Å². The third-order valence-corrected chi connectivity index (χ3v) is 7.52. The molecule has 0 bridgehead atoms. The Hall–Kier alpha value is -4.87. The molecular weight excluding hydrogens is 592 g/mol. The molecule has 0 saturated heterocycles. The highest BCUT2D eigenvalue weighted by Crippen LogP contribution is 2.27. The fourth-order valence-corrected chi connectivity index (χ4v) is 5.26. The van der Waals surface area contributed by atoms with E-state index in [1.165, 1.54) is 13.1 Å². The first-order chi connectivity index (χ1) is 20.6. The van der Waals surface area contributed by atoms with Gasteiger partial charge in [0.25, 0.3) is 11.8 Å². The molecule has 0 spiro atoms. The largest absolute Gasteiger partial charge is 0.484 e. The van der Waals surface area contributed by atoms with Crippen LogP contribution in [0.5, 0.6) is 17.2 Å². The van der Waals surface area contributed by atoms with Crippen LogP contribution in [-0.2, 0) is 19.6 Å². The Morgan fingerprint density at radius 1 is 0.884 bits per heavy atom. The summed E-state index contributed by atoms with van der Waals surface area (Å²) in [4.78, 5) is 25.0. The zero-order valence-electron chi connectivity index (χ0n) is 23.3. The zero-order valence-corrected chi connectivity index (χ0v) is 24.9. The molecule has 12 heteroatoms. The van der Waals surface area contributed by atoms with Crippen molar-refractivity contribution in [2.24, 2.45) is 5.10 Å². The van der Waals surface area contributed by atoms with Gasteiger partial charge in [-0.25, -0.2) is 13.8 Å². The van der Waals surface area contributed by atoms with Crippen molar-refractivity contribution in [2.45, 2.75) is 13.0 Å². The van der Waals surface area contributed by atoms with E-state index in [9.17, 15) is 18.0 Å². The van der Waals surface area contributed by atoms with Gasteiger partial charge in [-0.15, -0.1) is 0 Å². The molecule has 0 aliphatic heterocycles. The lowest BCUT2D eigenvalue weighted by atomic mass is 10.2. The average molecular weight is 621 g/mol. The third-order valence-electron chi connectivity index (χ3n) is 5.94.